The van der Waals surface area contributed by atoms with E-state index in [4.69, 9.17) is 0 Å². The van der Waals surface area contributed by atoms with Crippen LogP contribution < -0.4 is 0 Å². The fraction of sp³-hybridized carbons (Fsp3) is 0.957. The van der Waals surface area contributed by atoms with Crippen LogP contribution in [-0.4, -0.2) is 37.0 Å². The summed E-state index contributed by atoms with van der Waals surface area (Å²) in [4.78, 5) is 4.45. The third-order valence-electron chi connectivity index (χ3n) is 6.02. The molecule has 2 nitrogen and oxygen atoms in total. The minimum atomic E-state index is 0.892. The Bertz CT molecular complexity index is 324. The standard InChI is InChI=1S/C23H47N2/c1-4-25(21-19-24-22-25)20-17-15-13-11-9-7-5-6-8-10-12-14-16-18-23(2)3/h22-23H,4-21H2,1-3H3/q+1. The molecule has 0 amide bonds. The van der Waals surface area contributed by atoms with Crippen LogP contribution in [0.4, 0.5) is 0 Å². The summed E-state index contributed by atoms with van der Waals surface area (Å²) in [6, 6.07) is 0. The lowest BCUT2D eigenvalue weighted by atomic mass is 10.0. The molecule has 0 aliphatic carbocycles. The molecule has 0 saturated heterocycles. The maximum absolute atomic E-state index is 4.45. The summed E-state index contributed by atoms with van der Waals surface area (Å²) in [5, 5.41) is 0. The lowest BCUT2D eigenvalue weighted by molar-refractivity contribution is -0.827. The number of aliphatic imine (C=N–C) groups is 1. The number of likely N-dealkylation sites (N-methyl/N-ethyl adjacent to an activating group) is 1. The van der Waals surface area contributed by atoms with Crippen molar-refractivity contribution in [2.75, 3.05) is 26.2 Å². The molecule has 25 heavy (non-hydrogen) atoms. The second-order valence-corrected chi connectivity index (χ2v) is 8.78. The summed E-state index contributed by atoms with van der Waals surface area (Å²) in [7, 11) is 0. The number of nitrogens with zero attached hydrogens (tertiary/aromatic N) is 2. The molecule has 1 aliphatic rings. The number of hydrogen-bond acceptors (Lipinski definition) is 1. The molecule has 1 heterocycles. The van der Waals surface area contributed by atoms with Crippen LogP contribution >= 0.6 is 0 Å². The minimum Gasteiger partial charge on any atom is -0.280 e. The first-order valence-electron chi connectivity index (χ1n) is 11.6. The molecule has 1 aliphatic heterocycles. The molecule has 0 aromatic carbocycles. The number of unbranched alkanes of at least 4 members (excludes halogenated alkanes) is 12. The van der Waals surface area contributed by atoms with Gasteiger partial charge in [-0.15, -0.1) is 0 Å². The third kappa shape index (κ3) is 11.8. The predicted octanol–water partition coefficient (Wildman–Crippen LogP) is 6.98. The molecule has 0 radical (unpaired) electrons. The van der Waals surface area contributed by atoms with E-state index in [2.05, 4.69) is 32.1 Å². The van der Waals surface area contributed by atoms with E-state index in [1.807, 2.05) is 0 Å². The molecular weight excluding hydrogens is 304 g/mol. The van der Waals surface area contributed by atoms with Crippen molar-refractivity contribution in [2.45, 2.75) is 111 Å². The molecule has 0 saturated carbocycles. The van der Waals surface area contributed by atoms with Crippen LogP contribution in [0.3, 0.4) is 0 Å². The van der Waals surface area contributed by atoms with Gasteiger partial charge in [0.25, 0.3) is 0 Å². The van der Waals surface area contributed by atoms with E-state index in [-0.39, 0.29) is 0 Å². The minimum absolute atomic E-state index is 0.892. The van der Waals surface area contributed by atoms with Gasteiger partial charge in [-0.1, -0.05) is 90.9 Å². The summed E-state index contributed by atoms with van der Waals surface area (Å²) in [5.74, 6) is 0.892. The summed E-state index contributed by atoms with van der Waals surface area (Å²) < 4.78 is 1.15. The Hall–Kier alpha value is -0.370. The number of hydrogen-bond donors (Lipinski definition) is 0. The first-order chi connectivity index (χ1) is 12.2. The van der Waals surface area contributed by atoms with E-state index in [1.165, 1.54) is 110 Å². The van der Waals surface area contributed by atoms with Gasteiger partial charge in [0, 0.05) is 0 Å². The number of rotatable bonds is 17. The van der Waals surface area contributed by atoms with E-state index < -0.39 is 0 Å². The van der Waals surface area contributed by atoms with Crippen LogP contribution in [-0.2, 0) is 0 Å². The third-order valence-corrected chi connectivity index (χ3v) is 6.02. The fourth-order valence-corrected chi connectivity index (χ4v) is 4.04. The average Bonchev–Trinajstić information content (AvgIpc) is 3.07. The maximum Gasteiger partial charge on any atom is 0.185 e. The topological polar surface area (TPSA) is 12.4 Å². The molecule has 0 bridgehead atoms. The highest BCUT2D eigenvalue weighted by Gasteiger charge is 2.26. The van der Waals surface area contributed by atoms with E-state index in [1.54, 1.807) is 0 Å². The molecule has 0 aromatic heterocycles. The highest BCUT2D eigenvalue weighted by atomic mass is 15.4. The molecule has 1 atom stereocenters. The van der Waals surface area contributed by atoms with Crippen LogP contribution in [0.5, 0.6) is 0 Å². The summed E-state index contributed by atoms with van der Waals surface area (Å²) >= 11 is 0. The molecule has 2 heteroatoms. The quantitative estimate of drug-likeness (QED) is 0.198. The Labute approximate surface area is 159 Å². The zero-order valence-corrected chi connectivity index (χ0v) is 17.8. The van der Waals surface area contributed by atoms with Gasteiger partial charge in [-0.3, -0.25) is 4.48 Å². The molecule has 0 N–H and O–H groups in total. The predicted molar refractivity (Wildman–Crippen MR) is 113 cm³/mol. The molecule has 1 rings (SSSR count). The lowest BCUT2D eigenvalue weighted by Gasteiger charge is -2.28. The highest BCUT2D eigenvalue weighted by molar-refractivity contribution is 5.48. The van der Waals surface area contributed by atoms with Crippen molar-refractivity contribution in [1.82, 2.24) is 0 Å². The Balaban J connectivity index is 1.75. The summed E-state index contributed by atoms with van der Waals surface area (Å²) in [6.07, 6.45) is 22.5. The SMILES string of the molecule is CC[N+]1(CCCCCCCCCCCCCCCC(C)C)C=NCC1. The van der Waals surface area contributed by atoms with Crippen molar-refractivity contribution in [3.63, 3.8) is 0 Å². The largest absolute Gasteiger partial charge is 0.280 e. The van der Waals surface area contributed by atoms with Gasteiger partial charge in [0.15, 0.2) is 6.34 Å². The Morgan fingerprint density at radius 1 is 0.760 bits per heavy atom. The molecule has 1 unspecified atom stereocenters. The zero-order valence-electron chi connectivity index (χ0n) is 17.8. The van der Waals surface area contributed by atoms with E-state index in [9.17, 15) is 0 Å². The van der Waals surface area contributed by atoms with Crippen LogP contribution in [0.1, 0.15) is 111 Å². The second-order valence-electron chi connectivity index (χ2n) is 8.78. The van der Waals surface area contributed by atoms with Crippen molar-refractivity contribution in [3.05, 3.63) is 0 Å². The monoisotopic (exact) mass is 351 g/mol. The van der Waals surface area contributed by atoms with Gasteiger partial charge in [-0.2, -0.15) is 0 Å². The highest BCUT2D eigenvalue weighted by Crippen LogP contribution is 2.15. The van der Waals surface area contributed by atoms with Gasteiger partial charge >= 0.3 is 0 Å². The number of quaternary nitrogens is 1. The first-order valence-corrected chi connectivity index (χ1v) is 11.6. The first kappa shape index (κ1) is 22.7. The molecule has 0 aromatic rings. The van der Waals surface area contributed by atoms with Crippen molar-refractivity contribution in [2.24, 2.45) is 10.9 Å². The van der Waals surface area contributed by atoms with Crippen molar-refractivity contribution < 1.29 is 4.48 Å². The van der Waals surface area contributed by atoms with Crippen LogP contribution in [0.25, 0.3) is 0 Å². The smallest absolute Gasteiger partial charge is 0.185 e. The maximum atomic E-state index is 4.45. The summed E-state index contributed by atoms with van der Waals surface area (Å²) in [5.41, 5.74) is 0. The molecule has 0 fully saturated rings. The molecular formula is C23H47N2+. The Morgan fingerprint density at radius 2 is 1.24 bits per heavy atom. The van der Waals surface area contributed by atoms with Crippen molar-refractivity contribution >= 4 is 6.34 Å². The fourth-order valence-electron chi connectivity index (χ4n) is 4.04. The van der Waals surface area contributed by atoms with Gasteiger partial charge in [-0.05, 0) is 25.7 Å². The van der Waals surface area contributed by atoms with Crippen molar-refractivity contribution in [3.8, 4) is 0 Å². The van der Waals surface area contributed by atoms with E-state index >= 15 is 0 Å². The molecule has 148 valence electrons. The average molecular weight is 352 g/mol. The van der Waals surface area contributed by atoms with Gasteiger partial charge < -0.3 is 0 Å². The lowest BCUT2D eigenvalue weighted by Crippen LogP contribution is -2.45. The van der Waals surface area contributed by atoms with Gasteiger partial charge in [0.2, 0.25) is 0 Å². The van der Waals surface area contributed by atoms with Crippen LogP contribution in [0.15, 0.2) is 4.99 Å². The van der Waals surface area contributed by atoms with Gasteiger partial charge in [-0.25, -0.2) is 4.99 Å². The van der Waals surface area contributed by atoms with Crippen LogP contribution in [0.2, 0.25) is 0 Å². The second kappa shape index (κ2) is 14.8. The molecule has 0 spiro atoms. The Kier molecular flexibility index (Phi) is 13.4. The van der Waals surface area contributed by atoms with Gasteiger partial charge in [0.05, 0.1) is 19.6 Å². The normalized spacial score (nSPS) is 20.0. The summed E-state index contributed by atoms with van der Waals surface area (Å²) in [6.45, 7) is 11.8. The van der Waals surface area contributed by atoms with E-state index in [0.717, 1.165) is 16.9 Å². The van der Waals surface area contributed by atoms with Crippen molar-refractivity contribution in [1.29, 1.82) is 0 Å². The van der Waals surface area contributed by atoms with E-state index in [0.29, 0.717) is 0 Å². The Morgan fingerprint density at radius 3 is 1.64 bits per heavy atom. The van der Waals surface area contributed by atoms with Gasteiger partial charge in [0.1, 0.15) is 6.54 Å². The zero-order chi connectivity index (χ0) is 18.2. The van der Waals surface area contributed by atoms with Crippen LogP contribution in [0, 0.1) is 5.92 Å².